The molecule has 3 rings (SSSR count). The van der Waals surface area contributed by atoms with Gasteiger partial charge >= 0.3 is 6.09 Å². The Morgan fingerprint density at radius 3 is 2.46 bits per heavy atom. The molecule has 0 N–H and O–H groups in total. The maximum absolute atomic E-state index is 12.5. The number of benzene rings is 2. The van der Waals surface area contributed by atoms with Gasteiger partial charge in [-0.3, -0.25) is 9.36 Å². The Labute approximate surface area is 152 Å². The van der Waals surface area contributed by atoms with Crippen molar-refractivity contribution in [3.05, 3.63) is 65.9 Å². The number of hydrogen-bond acceptors (Lipinski definition) is 4. The highest BCUT2D eigenvalue weighted by Crippen LogP contribution is 2.31. The molecule has 0 atom stereocenters. The molecule has 5 heteroatoms. The Morgan fingerprint density at radius 1 is 1.08 bits per heavy atom. The van der Waals surface area contributed by atoms with Crippen LogP contribution in [0.15, 0.2) is 54.7 Å². The molecule has 0 radical (unpaired) electrons. The van der Waals surface area contributed by atoms with Crippen molar-refractivity contribution in [2.75, 3.05) is 0 Å². The highest BCUT2D eigenvalue weighted by molar-refractivity contribution is 6.04. The van der Waals surface area contributed by atoms with Gasteiger partial charge in [0.15, 0.2) is 6.29 Å². The van der Waals surface area contributed by atoms with Gasteiger partial charge in [-0.25, -0.2) is 4.79 Å². The molecular formula is C21H21NO4. The highest BCUT2D eigenvalue weighted by atomic mass is 16.6. The van der Waals surface area contributed by atoms with E-state index in [1.807, 2.05) is 30.3 Å². The molecule has 0 unspecified atom stereocenters. The van der Waals surface area contributed by atoms with Crippen molar-refractivity contribution in [3.8, 4) is 5.75 Å². The second-order valence-corrected chi connectivity index (χ2v) is 6.98. The van der Waals surface area contributed by atoms with E-state index in [1.165, 1.54) is 10.8 Å². The molecule has 3 aromatic rings. The van der Waals surface area contributed by atoms with Crippen LogP contribution >= 0.6 is 0 Å². The number of nitrogens with zero attached hydrogens (tertiary/aromatic N) is 1. The first-order valence-electron chi connectivity index (χ1n) is 8.38. The Kier molecular flexibility index (Phi) is 4.80. The predicted molar refractivity (Wildman–Crippen MR) is 99.7 cm³/mol. The maximum atomic E-state index is 12.5. The largest absolute Gasteiger partial charge is 0.488 e. The molecule has 0 bridgehead atoms. The third-order valence-corrected chi connectivity index (χ3v) is 3.77. The standard InChI is InChI=1S/C21H21NO4/c1-21(2,3)26-20(24)22-12-16(13-23)19-17(22)10-7-11-18(19)25-14-15-8-5-4-6-9-15/h4-13H,14H2,1-3H3. The Balaban J connectivity index is 1.98. The fraction of sp³-hybridized carbons (Fsp3) is 0.238. The minimum absolute atomic E-state index is 0.371. The number of fused-ring (bicyclic) bond motifs is 1. The summed E-state index contributed by atoms with van der Waals surface area (Å²) in [6.07, 6.45) is 1.68. The first-order chi connectivity index (χ1) is 12.4. The van der Waals surface area contributed by atoms with Gasteiger partial charge in [-0.2, -0.15) is 0 Å². The summed E-state index contributed by atoms with van der Waals surface area (Å²) in [7, 11) is 0. The molecular weight excluding hydrogens is 330 g/mol. The van der Waals surface area contributed by atoms with E-state index in [2.05, 4.69) is 0 Å². The zero-order valence-electron chi connectivity index (χ0n) is 15.1. The van der Waals surface area contributed by atoms with Crippen LogP contribution in [0.3, 0.4) is 0 Å². The minimum Gasteiger partial charge on any atom is -0.488 e. The van der Waals surface area contributed by atoms with Crippen LogP contribution < -0.4 is 4.74 Å². The lowest BCUT2D eigenvalue weighted by molar-refractivity contribution is 0.0544. The van der Waals surface area contributed by atoms with Gasteiger partial charge in [0.05, 0.1) is 10.9 Å². The number of aromatic nitrogens is 1. The summed E-state index contributed by atoms with van der Waals surface area (Å²) in [5, 5.41) is 0.601. The van der Waals surface area contributed by atoms with E-state index < -0.39 is 11.7 Å². The summed E-state index contributed by atoms with van der Waals surface area (Å²) in [6, 6.07) is 15.1. The lowest BCUT2D eigenvalue weighted by Gasteiger charge is -2.19. The fourth-order valence-corrected chi connectivity index (χ4v) is 2.69. The zero-order chi connectivity index (χ0) is 18.7. The Bertz CT molecular complexity index is 936. The topological polar surface area (TPSA) is 57.5 Å². The van der Waals surface area contributed by atoms with Crippen LogP contribution in [0.1, 0.15) is 36.7 Å². The van der Waals surface area contributed by atoms with Gasteiger partial charge in [0, 0.05) is 11.8 Å². The number of carbonyl (C=O) groups excluding carboxylic acids is 2. The average Bonchev–Trinajstić information content (AvgIpc) is 2.99. The Hall–Kier alpha value is -3.08. The van der Waals surface area contributed by atoms with E-state index in [9.17, 15) is 9.59 Å². The molecule has 0 fully saturated rings. The monoisotopic (exact) mass is 351 g/mol. The molecule has 1 heterocycles. The van der Waals surface area contributed by atoms with Crippen LogP contribution in [0.4, 0.5) is 4.79 Å². The van der Waals surface area contributed by atoms with Crippen LogP contribution in [0.25, 0.3) is 10.9 Å². The minimum atomic E-state index is -0.629. The number of rotatable bonds is 4. The SMILES string of the molecule is CC(C)(C)OC(=O)n1cc(C=O)c2c(OCc3ccccc3)cccc21. The molecule has 0 saturated carbocycles. The summed E-state index contributed by atoms with van der Waals surface area (Å²) >= 11 is 0. The second-order valence-electron chi connectivity index (χ2n) is 6.98. The summed E-state index contributed by atoms with van der Waals surface area (Å²) in [6.45, 7) is 5.76. The first kappa shape index (κ1) is 17.7. The molecule has 134 valence electrons. The normalized spacial score (nSPS) is 11.3. The van der Waals surface area contributed by atoms with E-state index in [4.69, 9.17) is 9.47 Å². The molecule has 0 saturated heterocycles. The third kappa shape index (κ3) is 3.77. The molecule has 26 heavy (non-hydrogen) atoms. The smallest absolute Gasteiger partial charge is 0.419 e. The van der Waals surface area contributed by atoms with Crippen molar-refractivity contribution in [1.29, 1.82) is 0 Å². The van der Waals surface area contributed by atoms with Crippen LogP contribution in [0.2, 0.25) is 0 Å². The quantitative estimate of drug-likeness (QED) is 0.633. The lowest BCUT2D eigenvalue weighted by atomic mass is 10.1. The fourth-order valence-electron chi connectivity index (χ4n) is 2.69. The first-order valence-corrected chi connectivity index (χ1v) is 8.38. The van der Waals surface area contributed by atoms with Crippen molar-refractivity contribution in [1.82, 2.24) is 4.57 Å². The van der Waals surface area contributed by atoms with Gasteiger partial charge in [0.1, 0.15) is 18.0 Å². The van der Waals surface area contributed by atoms with Crippen molar-refractivity contribution in [3.63, 3.8) is 0 Å². The van der Waals surface area contributed by atoms with Crippen molar-refractivity contribution in [2.45, 2.75) is 33.0 Å². The molecule has 0 amide bonds. The molecule has 5 nitrogen and oxygen atoms in total. The number of carbonyl (C=O) groups is 2. The molecule has 0 spiro atoms. The van der Waals surface area contributed by atoms with Crippen molar-refractivity contribution >= 4 is 23.3 Å². The van der Waals surface area contributed by atoms with Crippen LogP contribution in [0, 0.1) is 0 Å². The lowest BCUT2D eigenvalue weighted by Crippen LogP contribution is -2.26. The van der Waals surface area contributed by atoms with Crippen LogP contribution in [-0.2, 0) is 11.3 Å². The van der Waals surface area contributed by atoms with E-state index in [0.29, 0.717) is 28.8 Å². The zero-order valence-corrected chi connectivity index (χ0v) is 15.1. The van der Waals surface area contributed by atoms with E-state index in [0.717, 1.165) is 11.8 Å². The van der Waals surface area contributed by atoms with Crippen LogP contribution in [0.5, 0.6) is 5.75 Å². The van der Waals surface area contributed by atoms with Crippen molar-refractivity contribution in [2.24, 2.45) is 0 Å². The summed E-state index contributed by atoms with van der Waals surface area (Å²) in [5.74, 6) is 0.552. The van der Waals surface area contributed by atoms with Gasteiger partial charge in [-0.1, -0.05) is 36.4 Å². The van der Waals surface area contributed by atoms with Crippen molar-refractivity contribution < 1.29 is 19.1 Å². The van der Waals surface area contributed by atoms with E-state index in [-0.39, 0.29) is 0 Å². The Morgan fingerprint density at radius 2 is 1.81 bits per heavy atom. The van der Waals surface area contributed by atoms with Gasteiger partial charge in [0.25, 0.3) is 0 Å². The summed E-state index contributed by atoms with van der Waals surface area (Å²) in [4.78, 5) is 24.0. The number of aldehydes is 1. The highest BCUT2D eigenvalue weighted by Gasteiger charge is 2.22. The van der Waals surface area contributed by atoms with Gasteiger partial charge in [0.2, 0.25) is 0 Å². The van der Waals surface area contributed by atoms with Crippen LogP contribution in [-0.4, -0.2) is 22.5 Å². The third-order valence-electron chi connectivity index (χ3n) is 3.77. The average molecular weight is 351 g/mol. The second kappa shape index (κ2) is 7.04. The molecule has 0 aliphatic rings. The molecule has 0 aliphatic carbocycles. The molecule has 1 aromatic heterocycles. The number of hydrogen-bond donors (Lipinski definition) is 0. The van der Waals surface area contributed by atoms with E-state index >= 15 is 0 Å². The predicted octanol–water partition coefficient (Wildman–Crippen LogP) is 4.82. The summed E-state index contributed by atoms with van der Waals surface area (Å²) in [5.41, 5.74) is 1.35. The van der Waals surface area contributed by atoms with Gasteiger partial charge in [-0.05, 0) is 38.5 Å². The molecule has 2 aromatic carbocycles. The van der Waals surface area contributed by atoms with E-state index in [1.54, 1.807) is 39.0 Å². The van der Waals surface area contributed by atoms with Gasteiger partial charge in [-0.15, -0.1) is 0 Å². The summed E-state index contributed by atoms with van der Waals surface area (Å²) < 4.78 is 12.7. The molecule has 0 aliphatic heterocycles. The number of ether oxygens (including phenoxy) is 2. The maximum Gasteiger partial charge on any atom is 0.419 e. The van der Waals surface area contributed by atoms with Gasteiger partial charge < -0.3 is 9.47 Å².